The summed E-state index contributed by atoms with van der Waals surface area (Å²) < 4.78 is 0. The first-order valence-corrected chi connectivity index (χ1v) is 36.5. The van der Waals surface area contributed by atoms with E-state index in [-0.39, 0.29) is 88.5 Å². The average molecular weight is 1510 g/mol. The van der Waals surface area contributed by atoms with Crippen LogP contribution in [0.4, 0.5) is 0 Å². The lowest BCUT2D eigenvalue weighted by Crippen LogP contribution is -2.62. The number of amides is 11. The number of likely N-dealkylation sites (tertiary alicyclic amines) is 1. The molecular formula is C73H109N19O16. The fourth-order valence-electron chi connectivity index (χ4n) is 12.1. The minimum absolute atomic E-state index is 0.0144. The van der Waals surface area contributed by atoms with Gasteiger partial charge in [-0.1, -0.05) is 125 Å². The van der Waals surface area contributed by atoms with Gasteiger partial charge in [0, 0.05) is 62.6 Å². The largest absolute Gasteiger partial charge is 0.508 e. The number of hydrogen-bond donors (Lipinski definition) is 18. The zero-order valence-corrected chi connectivity index (χ0v) is 62.9. The molecule has 1 saturated heterocycles. The average Bonchev–Trinajstić information content (AvgIpc) is 1.53. The number of aromatic nitrogens is 4. The Morgan fingerprint density at radius 2 is 0.981 bits per heavy atom. The van der Waals surface area contributed by atoms with Crippen LogP contribution in [-0.4, -0.2) is 209 Å². The van der Waals surface area contributed by atoms with E-state index in [2.05, 4.69) is 78.1 Å². The predicted molar refractivity (Wildman–Crippen MR) is 396 cm³/mol. The van der Waals surface area contributed by atoms with Crippen LogP contribution in [0.15, 0.2) is 84.6 Å². The van der Waals surface area contributed by atoms with Gasteiger partial charge in [0.25, 0.3) is 0 Å². The molecule has 2 aromatic carbocycles. The molecule has 592 valence electrons. The first kappa shape index (κ1) is 87.6. The number of guanidine groups is 1. The van der Waals surface area contributed by atoms with Crippen molar-refractivity contribution in [1.29, 1.82) is 0 Å². The summed E-state index contributed by atoms with van der Waals surface area (Å²) in [4.78, 5) is 202. The van der Waals surface area contributed by atoms with Crippen LogP contribution in [0.5, 0.6) is 5.75 Å². The Morgan fingerprint density at radius 1 is 0.537 bits per heavy atom. The molecule has 0 saturated carbocycles. The summed E-state index contributed by atoms with van der Waals surface area (Å²) in [6.45, 7) is 17.1. The summed E-state index contributed by atoms with van der Waals surface area (Å²) in [5.41, 5.74) is 18.6. The number of phenolic OH excluding ortho intramolecular Hbond substituents is 1. The number of aliphatic imine (C=N–C) groups is 1. The number of aromatic hydroxyl groups is 1. The highest BCUT2D eigenvalue weighted by Crippen LogP contribution is 2.23. The molecule has 5 rings (SSSR count). The van der Waals surface area contributed by atoms with Gasteiger partial charge in [-0.3, -0.25) is 62.5 Å². The maximum Gasteiger partial charge on any atom is 0.326 e. The standard InChI is InChI=1S/C73H109N19O16/c1-11-41(9)59(90-66(101)52(30-44-22-24-47(93)25-23-44)86-68(103)57(39(5)6)88-62(97)49(20-16-26-79-73(75)76)82-61(96)48(74)33-56(94)95)70(105)87-54(32-46-35-78-37-81-46)71(106)92-27-17-21-55(92)67(102)85-51(29-43-18-14-13-15-19-43)63(98)84-53(31-45-34-77-36-80-45)64(99)83-50(28-38(3)4)65(100)89-58(40(7)8)69(104)91-60(72(107)108)42(10)12-2/h13-15,18-19,22-25,34-42,48-55,57-60,93H,11-12,16-17,20-21,26-33,74H2,1-10H3,(H,77,80)(H,78,81)(H,82,96)(H,83,99)(H,84,98)(H,85,102)(H,86,103)(H,87,105)(H,88,97)(H,89,100)(H,90,101)(H,91,104)(H,94,95)(H,107,108)(H4,75,76,79)/t41-,42-,48-,49-,50-,51-,52-,53-,54-,55-,57-,58-,59-,60-/m0/s1. The molecule has 21 N–H and O–H groups in total. The van der Waals surface area contributed by atoms with Crippen LogP contribution < -0.4 is 70.4 Å². The first-order valence-electron chi connectivity index (χ1n) is 36.5. The molecule has 1 fully saturated rings. The number of carboxylic acids is 2. The third-order valence-corrected chi connectivity index (χ3v) is 18.7. The second-order valence-corrected chi connectivity index (χ2v) is 28.5. The molecule has 0 spiro atoms. The Hall–Kier alpha value is -11.0. The fourth-order valence-corrected chi connectivity index (χ4v) is 12.1. The van der Waals surface area contributed by atoms with Gasteiger partial charge in [0.2, 0.25) is 65.0 Å². The zero-order chi connectivity index (χ0) is 80.1. The number of benzene rings is 2. The molecule has 1 aliphatic heterocycles. The van der Waals surface area contributed by atoms with E-state index in [9.17, 15) is 68.1 Å². The molecule has 0 aliphatic carbocycles. The molecule has 4 aromatic rings. The van der Waals surface area contributed by atoms with Crippen molar-refractivity contribution in [1.82, 2.24) is 78.0 Å². The molecule has 0 radical (unpaired) electrons. The number of rotatable bonds is 44. The van der Waals surface area contributed by atoms with E-state index in [1.807, 2.05) is 13.8 Å². The number of aliphatic carboxylic acids is 2. The number of carbonyl (C=O) groups is 13. The molecule has 2 aromatic heterocycles. The van der Waals surface area contributed by atoms with E-state index in [0.717, 1.165) is 0 Å². The summed E-state index contributed by atoms with van der Waals surface area (Å²) in [5, 5.41) is 56.5. The summed E-state index contributed by atoms with van der Waals surface area (Å²) in [7, 11) is 0. The normalized spacial score (nSPS) is 16.4. The van der Waals surface area contributed by atoms with Crippen LogP contribution in [0.1, 0.15) is 143 Å². The Labute approximate surface area is 627 Å². The second-order valence-electron chi connectivity index (χ2n) is 28.5. The quantitative estimate of drug-likeness (QED) is 0.0148. The molecule has 3 heterocycles. The maximum absolute atomic E-state index is 15.3. The highest BCUT2D eigenvalue weighted by atomic mass is 16.4. The van der Waals surface area contributed by atoms with Gasteiger partial charge in [-0.2, -0.15) is 0 Å². The molecule has 0 bridgehead atoms. The van der Waals surface area contributed by atoms with Crippen LogP contribution in [0.25, 0.3) is 0 Å². The van der Waals surface area contributed by atoms with Crippen molar-refractivity contribution in [2.75, 3.05) is 13.1 Å². The molecular weight excluding hydrogens is 1400 g/mol. The van der Waals surface area contributed by atoms with Crippen molar-refractivity contribution in [2.24, 2.45) is 51.8 Å². The van der Waals surface area contributed by atoms with Crippen molar-refractivity contribution in [2.45, 2.75) is 219 Å². The summed E-state index contributed by atoms with van der Waals surface area (Å²) in [6.07, 6.45) is 5.34. The van der Waals surface area contributed by atoms with E-state index in [4.69, 9.17) is 17.2 Å². The smallest absolute Gasteiger partial charge is 0.326 e. The van der Waals surface area contributed by atoms with Gasteiger partial charge >= 0.3 is 11.9 Å². The van der Waals surface area contributed by atoms with E-state index >= 15 is 9.59 Å². The monoisotopic (exact) mass is 1510 g/mol. The van der Waals surface area contributed by atoms with Crippen molar-refractivity contribution in [3.63, 3.8) is 0 Å². The number of hydrogen-bond acceptors (Lipinski definition) is 18. The number of aromatic amines is 2. The second kappa shape index (κ2) is 43.0. The Morgan fingerprint density at radius 3 is 1.50 bits per heavy atom. The number of nitrogens with one attached hydrogen (secondary N) is 12. The Balaban J connectivity index is 1.42. The van der Waals surface area contributed by atoms with Crippen molar-refractivity contribution >= 4 is 82.9 Å². The van der Waals surface area contributed by atoms with Gasteiger partial charge in [-0.05, 0) is 85.0 Å². The van der Waals surface area contributed by atoms with Crippen LogP contribution in [0.2, 0.25) is 0 Å². The number of carboxylic acid groups (broad SMARTS) is 2. The topological polar surface area (TPSA) is 554 Å². The van der Waals surface area contributed by atoms with Gasteiger partial charge in [-0.15, -0.1) is 0 Å². The summed E-state index contributed by atoms with van der Waals surface area (Å²) in [6, 6.07) is -2.09. The molecule has 35 heteroatoms. The SMILES string of the molecule is CC[C@H](C)[C@H](NC(=O)[C@@H](NC(=O)[C@H](CC(C)C)NC(=O)[C@H](Cc1cnc[nH]1)NC(=O)[C@H](Cc1ccccc1)NC(=O)[C@@H]1CCCN1C(=O)[C@H](Cc1cnc[nH]1)NC(=O)[C@@H](NC(=O)[C@H](Cc1ccc(O)cc1)NC(=O)[C@@H](NC(=O)[C@H](CCCN=C(N)N)NC(=O)[C@@H](N)CC(=O)O)C(C)C)[C@@H](C)CC)C(C)C)C(=O)O. The van der Waals surface area contributed by atoms with Crippen LogP contribution >= 0.6 is 0 Å². The lowest BCUT2D eigenvalue weighted by atomic mass is 9.96. The summed E-state index contributed by atoms with van der Waals surface area (Å²) >= 11 is 0. The van der Waals surface area contributed by atoms with Gasteiger partial charge in [0.05, 0.1) is 25.1 Å². The highest BCUT2D eigenvalue weighted by molar-refractivity contribution is 6.00. The lowest BCUT2D eigenvalue weighted by molar-refractivity contribution is -0.144. The zero-order valence-electron chi connectivity index (χ0n) is 62.9. The van der Waals surface area contributed by atoms with E-state index in [1.165, 1.54) is 54.2 Å². The number of nitrogens with two attached hydrogens (primary N) is 3. The maximum atomic E-state index is 15.3. The molecule has 11 amide bonds. The summed E-state index contributed by atoms with van der Waals surface area (Å²) in [5.74, 6) is -14.5. The highest BCUT2D eigenvalue weighted by Gasteiger charge is 2.43. The fraction of sp³-hybridized carbons (Fsp3) is 0.562. The van der Waals surface area contributed by atoms with Crippen molar-refractivity contribution in [3.8, 4) is 5.75 Å². The third-order valence-electron chi connectivity index (χ3n) is 18.7. The van der Waals surface area contributed by atoms with Crippen LogP contribution in [-0.2, 0) is 88.0 Å². The number of H-pyrrole nitrogens is 2. The minimum Gasteiger partial charge on any atom is -0.508 e. The van der Waals surface area contributed by atoms with E-state index < -0.39 is 180 Å². The first-order chi connectivity index (χ1) is 51.1. The van der Waals surface area contributed by atoms with Gasteiger partial charge in [-0.25, -0.2) is 14.8 Å². The number of nitrogens with zero attached hydrogens (tertiary/aromatic N) is 4. The van der Waals surface area contributed by atoms with E-state index in [1.54, 1.807) is 85.7 Å². The van der Waals surface area contributed by atoms with Crippen LogP contribution in [0, 0.1) is 29.6 Å². The number of imidazole rings is 2. The Kier molecular flexibility index (Phi) is 34.9. The third kappa shape index (κ3) is 27.7. The molecule has 0 unspecified atom stereocenters. The lowest BCUT2D eigenvalue weighted by Gasteiger charge is -2.32. The minimum atomic E-state index is -1.55. The Bertz CT molecular complexity index is 3690. The van der Waals surface area contributed by atoms with Gasteiger partial charge < -0.3 is 101 Å². The van der Waals surface area contributed by atoms with Crippen molar-refractivity contribution in [3.05, 3.63) is 102 Å². The van der Waals surface area contributed by atoms with Gasteiger partial charge in [0.15, 0.2) is 5.96 Å². The number of carbonyl (C=O) groups excluding carboxylic acids is 11. The van der Waals surface area contributed by atoms with Crippen molar-refractivity contribution < 1.29 is 77.6 Å². The molecule has 14 atom stereocenters. The number of phenols is 1. The molecule has 108 heavy (non-hydrogen) atoms. The van der Waals surface area contributed by atoms with Crippen LogP contribution in [0.3, 0.4) is 0 Å². The van der Waals surface area contributed by atoms with E-state index in [0.29, 0.717) is 35.4 Å². The molecule has 1 aliphatic rings. The van der Waals surface area contributed by atoms with Gasteiger partial charge in [0.1, 0.15) is 72.2 Å². The molecule has 35 nitrogen and oxygen atoms in total. The predicted octanol–water partition coefficient (Wildman–Crippen LogP) is -0.662.